The Labute approximate surface area is 141 Å². The Hall–Kier alpha value is -3.19. The van der Waals surface area contributed by atoms with Crippen LogP contribution in [-0.2, 0) is 0 Å². The van der Waals surface area contributed by atoms with Crippen LogP contribution in [-0.4, -0.2) is 27.3 Å². The van der Waals surface area contributed by atoms with Gasteiger partial charge in [0.15, 0.2) is 5.69 Å². The summed E-state index contributed by atoms with van der Waals surface area (Å²) in [5.74, 6) is -0.938. The molecule has 0 aliphatic rings. The molecule has 0 bridgehead atoms. The van der Waals surface area contributed by atoms with Gasteiger partial charge in [0.25, 0.3) is 5.91 Å². The van der Waals surface area contributed by atoms with E-state index in [9.17, 15) is 9.59 Å². The van der Waals surface area contributed by atoms with Crippen molar-refractivity contribution in [2.24, 2.45) is 5.73 Å². The normalized spacial score (nSPS) is 10.4. The van der Waals surface area contributed by atoms with Gasteiger partial charge in [0, 0.05) is 10.6 Å². The van der Waals surface area contributed by atoms with Crippen molar-refractivity contribution in [3.05, 3.63) is 64.8 Å². The summed E-state index contributed by atoms with van der Waals surface area (Å²) in [4.78, 5) is 23.5. The number of nitrogens with one attached hydrogen (secondary N) is 1. The molecule has 0 unspecified atom stereocenters. The van der Waals surface area contributed by atoms with E-state index in [1.54, 1.807) is 48.5 Å². The van der Waals surface area contributed by atoms with E-state index in [0.717, 1.165) is 0 Å². The van der Waals surface area contributed by atoms with Gasteiger partial charge in [-0.3, -0.25) is 4.79 Å². The second-order valence-corrected chi connectivity index (χ2v) is 5.25. The predicted molar refractivity (Wildman–Crippen MR) is 86.7 cm³/mol. The van der Waals surface area contributed by atoms with Crippen molar-refractivity contribution in [2.75, 3.05) is 0 Å². The topological polar surface area (TPSA) is 111 Å². The molecule has 120 valence electrons. The average Bonchev–Trinajstić information content (AvgIpc) is 3.05. The van der Waals surface area contributed by atoms with Gasteiger partial charge in [-0.2, -0.15) is 15.4 Å². The van der Waals surface area contributed by atoms with Gasteiger partial charge in [0.05, 0.1) is 5.56 Å². The fourth-order valence-electron chi connectivity index (χ4n) is 2.06. The Kier molecular flexibility index (Phi) is 4.26. The lowest BCUT2D eigenvalue weighted by molar-refractivity contribution is 0.0734. The van der Waals surface area contributed by atoms with Crippen LogP contribution in [0, 0.1) is 0 Å². The van der Waals surface area contributed by atoms with Gasteiger partial charge in [-0.25, -0.2) is 4.79 Å². The number of carbonyl (C=O) groups excluding carboxylic acids is 2. The standard InChI is InChI=1S/C16H11ClN4O3/c17-11-6-4-9(5-7-11)16(23)24-12-3-1-2-10(8-12)13-14(15(18)22)20-21-19-13/h1-8H,(H2,18,22)(H,19,20,21). The Morgan fingerprint density at radius 2 is 1.83 bits per heavy atom. The highest BCUT2D eigenvalue weighted by Crippen LogP contribution is 2.24. The number of aromatic nitrogens is 3. The number of rotatable bonds is 4. The Morgan fingerprint density at radius 1 is 1.08 bits per heavy atom. The van der Waals surface area contributed by atoms with Crippen molar-refractivity contribution >= 4 is 23.5 Å². The van der Waals surface area contributed by atoms with Crippen LogP contribution in [0.15, 0.2) is 48.5 Å². The molecule has 2 aromatic carbocycles. The molecule has 0 fully saturated rings. The molecule has 1 heterocycles. The molecule has 7 nitrogen and oxygen atoms in total. The van der Waals surface area contributed by atoms with E-state index in [1.807, 2.05) is 0 Å². The van der Waals surface area contributed by atoms with E-state index in [-0.39, 0.29) is 11.4 Å². The largest absolute Gasteiger partial charge is 0.423 e. The molecule has 24 heavy (non-hydrogen) atoms. The summed E-state index contributed by atoms with van der Waals surface area (Å²) in [6.45, 7) is 0. The maximum atomic E-state index is 12.1. The van der Waals surface area contributed by atoms with Crippen molar-refractivity contribution < 1.29 is 14.3 Å². The van der Waals surface area contributed by atoms with Crippen LogP contribution in [0.3, 0.4) is 0 Å². The number of ether oxygens (including phenoxy) is 1. The van der Waals surface area contributed by atoms with E-state index in [0.29, 0.717) is 21.9 Å². The van der Waals surface area contributed by atoms with Crippen LogP contribution < -0.4 is 10.5 Å². The molecule has 1 amide bonds. The summed E-state index contributed by atoms with van der Waals surface area (Å²) in [5.41, 5.74) is 6.45. The summed E-state index contributed by atoms with van der Waals surface area (Å²) in [6.07, 6.45) is 0. The second kappa shape index (κ2) is 6.51. The van der Waals surface area contributed by atoms with Gasteiger partial charge in [0.2, 0.25) is 0 Å². The predicted octanol–water partition coefficient (Wildman–Crippen LogP) is 2.44. The second-order valence-electron chi connectivity index (χ2n) is 4.81. The van der Waals surface area contributed by atoms with E-state index in [2.05, 4.69) is 15.4 Å². The first-order valence-corrected chi connectivity index (χ1v) is 7.21. The lowest BCUT2D eigenvalue weighted by atomic mass is 10.1. The molecule has 3 aromatic rings. The molecular formula is C16H11ClN4O3. The summed E-state index contributed by atoms with van der Waals surface area (Å²) in [7, 11) is 0. The van der Waals surface area contributed by atoms with Crippen LogP contribution in [0.2, 0.25) is 5.02 Å². The number of nitrogens with two attached hydrogens (primary N) is 1. The first kappa shape index (κ1) is 15.7. The third-order valence-corrected chi connectivity index (χ3v) is 3.43. The minimum Gasteiger partial charge on any atom is -0.423 e. The summed E-state index contributed by atoms with van der Waals surface area (Å²) < 4.78 is 5.32. The van der Waals surface area contributed by atoms with E-state index in [4.69, 9.17) is 22.1 Å². The third kappa shape index (κ3) is 3.26. The molecule has 3 N–H and O–H groups in total. The Balaban J connectivity index is 1.85. The molecule has 8 heteroatoms. The minimum absolute atomic E-state index is 0.0103. The number of primary amides is 1. The number of halogens is 1. The molecule has 0 spiro atoms. The SMILES string of the molecule is NC(=O)c1n[nH]nc1-c1cccc(OC(=O)c2ccc(Cl)cc2)c1. The monoisotopic (exact) mass is 342 g/mol. The highest BCUT2D eigenvalue weighted by Gasteiger charge is 2.16. The number of esters is 1. The quantitative estimate of drug-likeness (QED) is 0.558. The Morgan fingerprint density at radius 3 is 2.54 bits per heavy atom. The van der Waals surface area contributed by atoms with Crippen LogP contribution in [0.25, 0.3) is 11.3 Å². The number of amides is 1. The van der Waals surface area contributed by atoms with E-state index in [1.165, 1.54) is 0 Å². The number of benzene rings is 2. The average molecular weight is 343 g/mol. The first-order valence-electron chi connectivity index (χ1n) is 6.83. The van der Waals surface area contributed by atoms with E-state index >= 15 is 0 Å². The lowest BCUT2D eigenvalue weighted by Gasteiger charge is -2.06. The fourth-order valence-corrected chi connectivity index (χ4v) is 2.19. The van der Waals surface area contributed by atoms with Crippen molar-refractivity contribution in [2.45, 2.75) is 0 Å². The van der Waals surface area contributed by atoms with Gasteiger partial charge in [-0.05, 0) is 36.4 Å². The number of hydrogen-bond donors (Lipinski definition) is 2. The number of aromatic amines is 1. The number of H-pyrrole nitrogens is 1. The molecule has 1 aromatic heterocycles. The smallest absolute Gasteiger partial charge is 0.343 e. The zero-order valence-electron chi connectivity index (χ0n) is 12.2. The maximum Gasteiger partial charge on any atom is 0.343 e. The minimum atomic E-state index is -0.706. The zero-order chi connectivity index (χ0) is 17.1. The molecule has 0 saturated carbocycles. The fraction of sp³-hybridized carbons (Fsp3) is 0. The van der Waals surface area contributed by atoms with Crippen molar-refractivity contribution in [3.8, 4) is 17.0 Å². The lowest BCUT2D eigenvalue weighted by Crippen LogP contribution is -2.12. The molecule has 0 aliphatic heterocycles. The highest BCUT2D eigenvalue weighted by molar-refractivity contribution is 6.30. The number of hydrogen-bond acceptors (Lipinski definition) is 5. The zero-order valence-corrected chi connectivity index (χ0v) is 12.9. The van der Waals surface area contributed by atoms with Crippen LogP contribution >= 0.6 is 11.6 Å². The summed E-state index contributed by atoms with van der Waals surface area (Å²) >= 11 is 5.79. The summed E-state index contributed by atoms with van der Waals surface area (Å²) in [6, 6.07) is 12.9. The van der Waals surface area contributed by atoms with Crippen molar-refractivity contribution in [1.82, 2.24) is 15.4 Å². The van der Waals surface area contributed by atoms with Gasteiger partial charge in [-0.1, -0.05) is 23.7 Å². The third-order valence-electron chi connectivity index (χ3n) is 3.18. The van der Waals surface area contributed by atoms with Crippen LogP contribution in [0.5, 0.6) is 5.75 Å². The summed E-state index contributed by atoms with van der Waals surface area (Å²) in [5, 5.41) is 10.5. The van der Waals surface area contributed by atoms with Gasteiger partial charge in [0.1, 0.15) is 11.4 Å². The van der Waals surface area contributed by atoms with Crippen molar-refractivity contribution in [1.29, 1.82) is 0 Å². The molecule has 0 aliphatic carbocycles. The molecule has 3 rings (SSSR count). The maximum absolute atomic E-state index is 12.1. The molecular weight excluding hydrogens is 332 g/mol. The number of nitrogens with zero attached hydrogens (tertiary/aromatic N) is 2. The van der Waals surface area contributed by atoms with Gasteiger partial charge in [-0.15, -0.1) is 0 Å². The van der Waals surface area contributed by atoms with Crippen LogP contribution in [0.1, 0.15) is 20.8 Å². The number of carbonyl (C=O) groups is 2. The van der Waals surface area contributed by atoms with Gasteiger partial charge < -0.3 is 10.5 Å². The molecule has 0 atom stereocenters. The van der Waals surface area contributed by atoms with Crippen molar-refractivity contribution in [3.63, 3.8) is 0 Å². The molecule has 0 saturated heterocycles. The highest BCUT2D eigenvalue weighted by atomic mass is 35.5. The van der Waals surface area contributed by atoms with Gasteiger partial charge >= 0.3 is 5.97 Å². The van der Waals surface area contributed by atoms with E-state index < -0.39 is 11.9 Å². The molecule has 0 radical (unpaired) electrons. The van der Waals surface area contributed by atoms with Crippen LogP contribution in [0.4, 0.5) is 0 Å². The Bertz CT molecular complexity index is 906. The first-order chi connectivity index (χ1) is 11.5.